The van der Waals surface area contributed by atoms with Crippen molar-refractivity contribution in [1.29, 1.82) is 0 Å². The van der Waals surface area contributed by atoms with Gasteiger partial charge in [0.1, 0.15) is 5.75 Å². The van der Waals surface area contributed by atoms with E-state index in [4.69, 9.17) is 33.7 Å². The van der Waals surface area contributed by atoms with Gasteiger partial charge in [-0.2, -0.15) is 0 Å². The minimum absolute atomic E-state index is 0.279. The molecule has 6 heteroatoms. The van der Waals surface area contributed by atoms with Crippen LogP contribution in [-0.2, 0) is 4.79 Å². The average molecular weight is 339 g/mol. The third-order valence-electron chi connectivity index (χ3n) is 3.08. The van der Waals surface area contributed by atoms with Crippen LogP contribution in [0.1, 0.15) is 12.5 Å². The standard InChI is InChI=1S/C16H16Cl2N2O2/c1-9-7-12(19)4-5-14(9)20-16(21)10(2)22-15-6-3-11(17)8-13(15)18/h3-8,10H,19H2,1-2H3,(H,20,21). The van der Waals surface area contributed by atoms with E-state index in [-0.39, 0.29) is 5.91 Å². The van der Waals surface area contributed by atoms with Gasteiger partial charge < -0.3 is 15.8 Å². The Kier molecular flexibility index (Phi) is 5.16. The van der Waals surface area contributed by atoms with E-state index >= 15 is 0 Å². The topological polar surface area (TPSA) is 64.3 Å². The number of amides is 1. The molecule has 1 unspecified atom stereocenters. The molecule has 0 saturated heterocycles. The molecule has 1 amide bonds. The molecule has 0 saturated carbocycles. The molecule has 0 aliphatic rings. The summed E-state index contributed by atoms with van der Waals surface area (Å²) in [6.45, 7) is 3.51. The largest absolute Gasteiger partial charge is 0.479 e. The Hall–Kier alpha value is -1.91. The summed E-state index contributed by atoms with van der Waals surface area (Å²) < 4.78 is 5.57. The molecule has 0 radical (unpaired) electrons. The quantitative estimate of drug-likeness (QED) is 0.817. The zero-order valence-electron chi connectivity index (χ0n) is 12.2. The fraction of sp³-hybridized carbons (Fsp3) is 0.188. The van der Waals surface area contributed by atoms with Gasteiger partial charge in [-0.1, -0.05) is 23.2 Å². The van der Waals surface area contributed by atoms with Crippen molar-refractivity contribution in [1.82, 2.24) is 0 Å². The number of nitrogens with one attached hydrogen (secondary N) is 1. The lowest BCUT2D eigenvalue weighted by atomic mass is 10.1. The van der Waals surface area contributed by atoms with Crippen molar-refractivity contribution in [2.75, 3.05) is 11.1 Å². The van der Waals surface area contributed by atoms with Crippen LogP contribution in [0.15, 0.2) is 36.4 Å². The maximum atomic E-state index is 12.2. The predicted octanol–water partition coefficient (Wildman–Crippen LogP) is 4.29. The van der Waals surface area contributed by atoms with E-state index in [2.05, 4.69) is 5.32 Å². The van der Waals surface area contributed by atoms with E-state index < -0.39 is 6.10 Å². The van der Waals surface area contributed by atoms with Crippen molar-refractivity contribution in [2.24, 2.45) is 0 Å². The number of ether oxygens (including phenoxy) is 1. The molecule has 3 N–H and O–H groups in total. The van der Waals surface area contributed by atoms with Gasteiger partial charge in [-0.15, -0.1) is 0 Å². The van der Waals surface area contributed by atoms with Crippen LogP contribution in [0.5, 0.6) is 5.75 Å². The van der Waals surface area contributed by atoms with Crippen LogP contribution in [-0.4, -0.2) is 12.0 Å². The fourth-order valence-corrected chi connectivity index (χ4v) is 2.33. The first-order valence-electron chi connectivity index (χ1n) is 6.65. The highest BCUT2D eigenvalue weighted by Crippen LogP contribution is 2.28. The number of nitrogens with two attached hydrogens (primary N) is 1. The Bertz CT molecular complexity index is 705. The van der Waals surface area contributed by atoms with Crippen molar-refractivity contribution in [3.8, 4) is 5.75 Å². The van der Waals surface area contributed by atoms with Gasteiger partial charge in [0.05, 0.1) is 5.02 Å². The summed E-state index contributed by atoms with van der Waals surface area (Å²) in [7, 11) is 0. The molecule has 0 aromatic heterocycles. The molecule has 0 spiro atoms. The van der Waals surface area contributed by atoms with Crippen LogP contribution in [0.25, 0.3) is 0 Å². The third kappa shape index (κ3) is 4.06. The number of nitrogen functional groups attached to an aromatic ring is 1. The second kappa shape index (κ2) is 6.90. The molecule has 22 heavy (non-hydrogen) atoms. The van der Waals surface area contributed by atoms with Crippen molar-refractivity contribution >= 4 is 40.5 Å². The molecular formula is C16H16Cl2N2O2. The number of rotatable bonds is 4. The minimum atomic E-state index is -0.712. The van der Waals surface area contributed by atoms with Crippen LogP contribution in [0, 0.1) is 6.92 Å². The maximum absolute atomic E-state index is 12.2. The first kappa shape index (κ1) is 16.5. The van der Waals surface area contributed by atoms with Gasteiger partial charge in [0.25, 0.3) is 5.91 Å². The summed E-state index contributed by atoms with van der Waals surface area (Å²) in [5.74, 6) is 0.127. The lowest BCUT2D eigenvalue weighted by Crippen LogP contribution is -2.30. The molecule has 0 bridgehead atoms. The van der Waals surface area contributed by atoms with E-state index in [1.54, 1.807) is 43.3 Å². The van der Waals surface area contributed by atoms with E-state index in [0.717, 1.165) is 5.56 Å². The zero-order valence-corrected chi connectivity index (χ0v) is 13.7. The van der Waals surface area contributed by atoms with Crippen LogP contribution in [0.2, 0.25) is 10.0 Å². The SMILES string of the molecule is Cc1cc(N)ccc1NC(=O)C(C)Oc1ccc(Cl)cc1Cl. The summed E-state index contributed by atoms with van der Waals surface area (Å²) in [6, 6.07) is 10.1. The van der Waals surface area contributed by atoms with E-state index in [1.165, 1.54) is 0 Å². The average Bonchev–Trinajstić information content (AvgIpc) is 2.44. The molecule has 1 atom stereocenters. The number of carbonyl (C=O) groups excluding carboxylic acids is 1. The lowest BCUT2D eigenvalue weighted by Gasteiger charge is -2.16. The van der Waals surface area contributed by atoms with Gasteiger partial charge in [-0.25, -0.2) is 0 Å². The Morgan fingerprint density at radius 3 is 2.59 bits per heavy atom. The molecule has 0 fully saturated rings. The molecule has 0 heterocycles. The molecule has 116 valence electrons. The molecule has 2 aromatic carbocycles. The number of benzene rings is 2. The van der Waals surface area contributed by atoms with Crippen LogP contribution >= 0.6 is 23.2 Å². The van der Waals surface area contributed by atoms with Gasteiger partial charge in [0, 0.05) is 16.4 Å². The summed E-state index contributed by atoms with van der Waals surface area (Å²) in [4.78, 5) is 12.2. The molecule has 4 nitrogen and oxygen atoms in total. The molecule has 2 rings (SSSR count). The van der Waals surface area contributed by atoms with Gasteiger partial charge >= 0.3 is 0 Å². The highest BCUT2D eigenvalue weighted by atomic mass is 35.5. The molecule has 2 aromatic rings. The van der Waals surface area contributed by atoms with Gasteiger partial charge in [-0.05, 0) is 55.8 Å². The third-order valence-corrected chi connectivity index (χ3v) is 3.61. The van der Waals surface area contributed by atoms with Crippen LogP contribution in [0.4, 0.5) is 11.4 Å². The lowest BCUT2D eigenvalue weighted by molar-refractivity contribution is -0.122. The molecule has 0 aliphatic heterocycles. The van der Waals surface area contributed by atoms with E-state index in [1.807, 2.05) is 6.92 Å². The highest BCUT2D eigenvalue weighted by Gasteiger charge is 2.17. The summed E-state index contributed by atoms with van der Waals surface area (Å²) >= 11 is 11.9. The van der Waals surface area contributed by atoms with Crippen molar-refractivity contribution < 1.29 is 9.53 Å². The summed E-state index contributed by atoms with van der Waals surface area (Å²) in [5.41, 5.74) is 7.90. The van der Waals surface area contributed by atoms with Crippen LogP contribution in [0.3, 0.4) is 0 Å². The fourth-order valence-electron chi connectivity index (χ4n) is 1.88. The summed E-state index contributed by atoms with van der Waals surface area (Å²) in [5, 5.41) is 3.66. The van der Waals surface area contributed by atoms with Crippen molar-refractivity contribution in [3.05, 3.63) is 52.0 Å². The smallest absolute Gasteiger partial charge is 0.265 e. The zero-order chi connectivity index (χ0) is 16.3. The Labute approximate surface area is 139 Å². The Morgan fingerprint density at radius 2 is 1.95 bits per heavy atom. The van der Waals surface area contributed by atoms with Crippen molar-refractivity contribution in [3.63, 3.8) is 0 Å². The van der Waals surface area contributed by atoms with Crippen LogP contribution < -0.4 is 15.8 Å². The highest BCUT2D eigenvalue weighted by molar-refractivity contribution is 6.35. The minimum Gasteiger partial charge on any atom is -0.479 e. The second-order valence-corrected chi connectivity index (χ2v) is 5.74. The Balaban J connectivity index is 2.05. The Morgan fingerprint density at radius 1 is 1.23 bits per heavy atom. The molecular weight excluding hydrogens is 323 g/mol. The predicted molar refractivity (Wildman–Crippen MR) is 90.8 cm³/mol. The first-order valence-corrected chi connectivity index (χ1v) is 7.41. The van der Waals surface area contributed by atoms with Gasteiger partial charge in [0.2, 0.25) is 0 Å². The van der Waals surface area contributed by atoms with E-state index in [9.17, 15) is 4.79 Å². The number of hydrogen-bond donors (Lipinski definition) is 2. The molecule has 0 aliphatic carbocycles. The van der Waals surface area contributed by atoms with Gasteiger partial charge in [-0.3, -0.25) is 4.79 Å². The summed E-state index contributed by atoms with van der Waals surface area (Å²) in [6.07, 6.45) is -0.712. The number of hydrogen-bond acceptors (Lipinski definition) is 3. The second-order valence-electron chi connectivity index (χ2n) is 4.90. The number of aryl methyl sites for hydroxylation is 1. The van der Waals surface area contributed by atoms with Crippen molar-refractivity contribution in [2.45, 2.75) is 20.0 Å². The monoisotopic (exact) mass is 338 g/mol. The normalized spacial score (nSPS) is 11.8. The van der Waals surface area contributed by atoms with E-state index in [0.29, 0.717) is 27.2 Å². The number of carbonyl (C=O) groups is 1. The first-order chi connectivity index (χ1) is 10.4. The number of anilines is 2. The number of halogens is 2. The van der Waals surface area contributed by atoms with Gasteiger partial charge in [0.15, 0.2) is 6.10 Å². The maximum Gasteiger partial charge on any atom is 0.265 e.